The minimum atomic E-state index is -0.399. The van der Waals surface area contributed by atoms with Gasteiger partial charge in [-0.15, -0.1) is 0 Å². The molecule has 2 aromatic rings. The monoisotopic (exact) mass is 413 g/mol. The molecule has 2 saturated carbocycles. The molecule has 160 valence electrons. The molecule has 1 unspecified atom stereocenters. The quantitative estimate of drug-likeness (QED) is 0.559. The number of ether oxygens (including phenoxy) is 1. The van der Waals surface area contributed by atoms with Crippen molar-refractivity contribution in [3.63, 3.8) is 0 Å². The molecule has 3 nitrogen and oxygen atoms in total. The highest BCUT2D eigenvalue weighted by molar-refractivity contribution is 5.32. The Morgan fingerprint density at radius 2 is 1.57 bits per heavy atom. The number of allylic oxidation sites excluding steroid dienone is 1. The Balaban J connectivity index is 1.71. The van der Waals surface area contributed by atoms with Crippen LogP contribution < -0.4 is 5.48 Å². The van der Waals surface area contributed by atoms with Crippen molar-refractivity contribution in [1.82, 2.24) is 5.48 Å². The van der Waals surface area contributed by atoms with Gasteiger partial charge in [-0.1, -0.05) is 31.2 Å². The van der Waals surface area contributed by atoms with Gasteiger partial charge in [-0.05, 0) is 84.9 Å². The summed E-state index contributed by atoms with van der Waals surface area (Å²) in [6, 6.07) is 12.8. The number of hydrogen-bond acceptors (Lipinski definition) is 3. The van der Waals surface area contributed by atoms with Gasteiger partial charge in [-0.25, -0.2) is 8.78 Å². The zero-order valence-corrected chi connectivity index (χ0v) is 17.5. The maximum absolute atomic E-state index is 13.6. The fourth-order valence-corrected chi connectivity index (χ4v) is 5.08. The van der Waals surface area contributed by atoms with Crippen molar-refractivity contribution in [2.24, 2.45) is 11.8 Å². The van der Waals surface area contributed by atoms with Crippen LogP contribution in [0, 0.1) is 23.5 Å². The second-order valence-electron chi connectivity index (χ2n) is 8.31. The molecule has 2 aliphatic carbocycles. The SMILES string of the molecule is CCC(NOC)=C1[C@@H]2CCC(C2)C[C@H]1OC(c1ccc(F)cc1)c1ccc(F)cc1. The average Bonchev–Trinajstić information content (AvgIpc) is 3.14. The van der Waals surface area contributed by atoms with Gasteiger partial charge in [0.2, 0.25) is 0 Å². The van der Waals surface area contributed by atoms with Crippen LogP contribution in [0.1, 0.15) is 56.3 Å². The Bertz CT molecular complexity index is 834. The van der Waals surface area contributed by atoms with E-state index >= 15 is 0 Å². The highest BCUT2D eigenvalue weighted by Crippen LogP contribution is 2.48. The molecular formula is C25H29F2NO2. The number of hydrogen-bond donors (Lipinski definition) is 1. The zero-order chi connectivity index (χ0) is 21.1. The van der Waals surface area contributed by atoms with E-state index < -0.39 is 6.10 Å². The summed E-state index contributed by atoms with van der Waals surface area (Å²) < 4.78 is 33.9. The van der Waals surface area contributed by atoms with Crippen LogP contribution in [0.5, 0.6) is 0 Å². The van der Waals surface area contributed by atoms with E-state index in [-0.39, 0.29) is 17.7 Å². The van der Waals surface area contributed by atoms with Gasteiger partial charge in [0, 0.05) is 5.70 Å². The van der Waals surface area contributed by atoms with Gasteiger partial charge in [0.25, 0.3) is 0 Å². The van der Waals surface area contributed by atoms with E-state index in [2.05, 4.69) is 12.4 Å². The van der Waals surface area contributed by atoms with Crippen molar-refractivity contribution in [2.45, 2.75) is 51.2 Å². The summed E-state index contributed by atoms with van der Waals surface area (Å²) in [5, 5.41) is 0. The molecule has 0 spiro atoms. The molecule has 30 heavy (non-hydrogen) atoms. The Morgan fingerprint density at radius 3 is 2.10 bits per heavy atom. The lowest BCUT2D eigenvalue weighted by molar-refractivity contribution is 0.00131. The number of fused-ring (bicyclic) bond motifs is 2. The molecule has 0 radical (unpaired) electrons. The summed E-state index contributed by atoms with van der Waals surface area (Å²) in [5.74, 6) is 0.579. The molecule has 0 saturated heterocycles. The predicted octanol–water partition coefficient (Wildman–Crippen LogP) is 6.07. The van der Waals surface area contributed by atoms with E-state index in [4.69, 9.17) is 9.57 Å². The largest absolute Gasteiger partial charge is 0.361 e. The average molecular weight is 414 g/mol. The summed E-state index contributed by atoms with van der Waals surface area (Å²) in [6.07, 6.45) is 4.92. The number of halogens is 2. The normalized spacial score (nSPS) is 24.9. The van der Waals surface area contributed by atoms with E-state index in [0.29, 0.717) is 11.8 Å². The van der Waals surface area contributed by atoms with E-state index in [1.165, 1.54) is 49.1 Å². The van der Waals surface area contributed by atoms with Crippen molar-refractivity contribution in [3.8, 4) is 0 Å². The lowest BCUT2D eigenvalue weighted by Gasteiger charge is -2.36. The van der Waals surface area contributed by atoms with Crippen molar-refractivity contribution in [3.05, 3.63) is 82.6 Å². The highest BCUT2D eigenvalue weighted by atomic mass is 19.1. The van der Waals surface area contributed by atoms with E-state index in [1.54, 1.807) is 31.4 Å². The molecule has 2 aliphatic rings. The fourth-order valence-electron chi connectivity index (χ4n) is 5.08. The van der Waals surface area contributed by atoms with Crippen molar-refractivity contribution in [1.29, 1.82) is 0 Å². The first-order valence-electron chi connectivity index (χ1n) is 10.8. The van der Waals surface area contributed by atoms with E-state index in [0.717, 1.165) is 29.7 Å². The van der Waals surface area contributed by atoms with Gasteiger partial charge < -0.3 is 4.74 Å². The maximum Gasteiger partial charge on any atom is 0.123 e. The third kappa shape index (κ3) is 4.42. The standard InChI is InChI=1S/C25H29F2NO2/c1-3-22(28-29-2)24-19-5-4-16(14-19)15-23(24)30-25(17-6-10-20(26)11-7-17)18-8-12-21(27)13-9-18/h6-13,16,19,23,25,28H,3-5,14-15H2,1-2H3/t16?,19-,23-/m1/s1. The number of nitrogens with one attached hydrogen (secondary N) is 1. The Hall–Kier alpha value is -2.24. The van der Waals surface area contributed by atoms with Crippen LogP contribution in [0.2, 0.25) is 0 Å². The third-order valence-electron chi connectivity index (χ3n) is 6.45. The van der Waals surface area contributed by atoms with Gasteiger partial charge in [-0.2, -0.15) is 0 Å². The number of rotatable bonds is 7. The summed E-state index contributed by atoms with van der Waals surface area (Å²) in [6.45, 7) is 2.11. The number of benzene rings is 2. The molecule has 2 fully saturated rings. The molecular weight excluding hydrogens is 384 g/mol. The minimum absolute atomic E-state index is 0.0612. The second kappa shape index (κ2) is 9.27. The Morgan fingerprint density at radius 1 is 0.967 bits per heavy atom. The lowest BCUT2D eigenvalue weighted by atomic mass is 9.80. The summed E-state index contributed by atoms with van der Waals surface area (Å²) in [4.78, 5) is 5.26. The molecule has 4 rings (SSSR count). The molecule has 0 amide bonds. The third-order valence-corrected chi connectivity index (χ3v) is 6.45. The molecule has 1 N–H and O–H groups in total. The van der Waals surface area contributed by atoms with Gasteiger partial charge in [0.1, 0.15) is 17.7 Å². The first-order chi connectivity index (χ1) is 14.6. The van der Waals surface area contributed by atoms with Crippen LogP contribution in [-0.2, 0) is 9.57 Å². The van der Waals surface area contributed by atoms with Crippen LogP contribution in [0.25, 0.3) is 0 Å². The lowest BCUT2D eigenvalue weighted by Crippen LogP contribution is -2.32. The van der Waals surface area contributed by atoms with Crippen molar-refractivity contribution in [2.75, 3.05) is 7.11 Å². The topological polar surface area (TPSA) is 30.5 Å². The van der Waals surface area contributed by atoms with Crippen LogP contribution in [0.4, 0.5) is 8.78 Å². The van der Waals surface area contributed by atoms with Crippen molar-refractivity contribution < 1.29 is 18.4 Å². The first kappa shape index (κ1) is 21.0. The van der Waals surface area contributed by atoms with Gasteiger partial charge >= 0.3 is 0 Å². The van der Waals surface area contributed by atoms with Crippen LogP contribution in [-0.4, -0.2) is 13.2 Å². The summed E-state index contributed by atoms with van der Waals surface area (Å²) >= 11 is 0. The number of hydroxylamine groups is 1. The summed E-state index contributed by atoms with van der Waals surface area (Å²) in [5.41, 5.74) is 7.18. The zero-order valence-electron chi connectivity index (χ0n) is 17.5. The smallest absolute Gasteiger partial charge is 0.123 e. The maximum atomic E-state index is 13.6. The molecule has 2 bridgehead atoms. The first-order valence-corrected chi connectivity index (χ1v) is 10.8. The van der Waals surface area contributed by atoms with Crippen molar-refractivity contribution >= 4 is 0 Å². The molecule has 5 heteroatoms. The predicted molar refractivity (Wildman–Crippen MR) is 112 cm³/mol. The van der Waals surface area contributed by atoms with E-state index in [9.17, 15) is 8.78 Å². The minimum Gasteiger partial charge on any atom is -0.361 e. The van der Waals surface area contributed by atoms with Gasteiger partial charge in [0.15, 0.2) is 0 Å². The molecule has 0 heterocycles. The Labute approximate surface area is 177 Å². The van der Waals surface area contributed by atoms with Crippen LogP contribution in [0.15, 0.2) is 59.8 Å². The summed E-state index contributed by atoms with van der Waals surface area (Å²) in [7, 11) is 1.63. The van der Waals surface area contributed by atoms with E-state index in [1.807, 2.05) is 0 Å². The van der Waals surface area contributed by atoms with Crippen LogP contribution in [0.3, 0.4) is 0 Å². The van der Waals surface area contributed by atoms with Crippen LogP contribution >= 0.6 is 0 Å². The molecule has 0 aromatic heterocycles. The second-order valence-corrected chi connectivity index (χ2v) is 8.31. The molecule has 3 atom stereocenters. The molecule has 2 aromatic carbocycles. The van der Waals surface area contributed by atoms with Gasteiger partial charge in [-0.3, -0.25) is 10.3 Å². The fraction of sp³-hybridized carbons (Fsp3) is 0.440. The van der Waals surface area contributed by atoms with Gasteiger partial charge in [0.05, 0.1) is 13.2 Å². The molecule has 0 aliphatic heterocycles. The highest BCUT2D eigenvalue weighted by Gasteiger charge is 2.41. The Kier molecular flexibility index (Phi) is 6.49.